The summed E-state index contributed by atoms with van der Waals surface area (Å²) >= 11 is 0. The molecule has 2 amide bonds. The number of methoxy groups -OCH3 is 1. The van der Waals surface area contributed by atoms with Crippen LogP contribution in [0.25, 0.3) is 0 Å². The molecule has 1 saturated heterocycles. The van der Waals surface area contributed by atoms with E-state index in [4.69, 9.17) is 9.47 Å². The molecule has 1 atom stereocenters. The number of morpholine rings is 1. The first-order valence-electron chi connectivity index (χ1n) is 5.83. The van der Waals surface area contributed by atoms with Crippen LogP contribution in [-0.4, -0.2) is 68.4 Å². The lowest BCUT2D eigenvalue weighted by molar-refractivity contribution is 0.0348. The number of hydrogen-bond donors (Lipinski definition) is 0. The van der Waals surface area contributed by atoms with Gasteiger partial charge in [-0.25, -0.2) is 4.79 Å². The maximum atomic E-state index is 12.2. The zero-order valence-corrected chi connectivity index (χ0v) is 10.4. The topological polar surface area (TPSA) is 42.0 Å². The fourth-order valence-electron chi connectivity index (χ4n) is 1.90. The van der Waals surface area contributed by atoms with Gasteiger partial charge in [-0.3, -0.25) is 0 Å². The van der Waals surface area contributed by atoms with Gasteiger partial charge in [-0.15, -0.1) is 0 Å². The van der Waals surface area contributed by atoms with Crippen LogP contribution in [0.2, 0.25) is 0 Å². The molecule has 16 heavy (non-hydrogen) atoms. The molecule has 0 aliphatic carbocycles. The van der Waals surface area contributed by atoms with Crippen LogP contribution in [0.1, 0.15) is 13.8 Å². The average Bonchev–Trinajstić information content (AvgIpc) is 2.31. The highest BCUT2D eigenvalue weighted by Crippen LogP contribution is 2.07. The minimum absolute atomic E-state index is 0.0929. The van der Waals surface area contributed by atoms with Crippen LogP contribution >= 0.6 is 0 Å². The molecule has 0 aromatic rings. The second-order valence-electron chi connectivity index (χ2n) is 3.97. The van der Waals surface area contributed by atoms with Gasteiger partial charge in [0, 0.05) is 26.7 Å². The molecule has 5 heteroatoms. The second kappa shape index (κ2) is 6.70. The fraction of sp³-hybridized carbons (Fsp3) is 0.909. The van der Waals surface area contributed by atoms with Gasteiger partial charge in [-0.2, -0.15) is 0 Å². The summed E-state index contributed by atoms with van der Waals surface area (Å²) in [5.41, 5.74) is 0. The first kappa shape index (κ1) is 13.3. The van der Waals surface area contributed by atoms with Crippen molar-refractivity contribution in [2.75, 3.05) is 46.6 Å². The van der Waals surface area contributed by atoms with Crippen LogP contribution in [0.15, 0.2) is 0 Å². The first-order valence-corrected chi connectivity index (χ1v) is 5.83. The van der Waals surface area contributed by atoms with Crippen molar-refractivity contribution in [3.8, 4) is 0 Å². The Labute approximate surface area is 97.3 Å². The van der Waals surface area contributed by atoms with E-state index in [1.807, 2.05) is 23.6 Å². The van der Waals surface area contributed by atoms with Gasteiger partial charge in [0.15, 0.2) is 0 Å². The van der Waals surface area contributed by atoms with Crippen molar-refractivity contribution in [1.29, 1.82) is 0 Å². The van der Waals surface area contributed by atoms with Gasteiger partial charge in [0.05, 0.1) is 25.9 Å². The lowest BCUT2D eigenvalue weighted by Gasteiger charge is -2.35. The molecule has 0 spiro atoms. The minimum atomic E-state index is 0.0929. The molecule has 1 unspecified atom stereocenters. The minimum Gasteiger partial charge on any atom is -0.383 e. The third-order valence-electron chi connectivity index (χ3n) is 2.81. The smallest absolute Gasteiger partial charge is 0.320 e. The van der Waals surface area contributed by atoms with Gasteiger partial charge in [-0.1, -0.05) is 0 Å². The van der Waals surface area contributed by atoms with Crippen molar-refractivity contribution >= 4 is 6.03 Å². The predicted octanol–water partition coefficient (Wildman–Crippen LogP) is 0.795. The van der Waals surface area contributed by atoms with Crippen LogP contribution in [0, 0.1) is 0 Å². The van der Waals surface area contributed by atoms with Gasteiger partial charge in [0.2, 0.25) is 0 Å². The fourth-order valence-corrected chi connectivity index (χ4v) is 1.90. The Morgan fingerprint density at radius 3 is 2.62 bits per heavy atom. The normalized spacial score (nSPS) is 18.3. The molecular formula is C11H22N2O3. The number of amides is 2. The largest absolute Gasteiger partial charge is 0.383 e. The van der Waals surface area contributed by atoms with Crippen molar-refractivity contribution in [2.24, 2.45) is 0 Å². The van der Waals surface area contributed by atoms with E-state index < -0.39 is 0 Å². The highest BCUT2D eigenvalue weighted by atomic mass is 16.5. The van der Waals surface area contributed by atoms with Crippen LogP contribution in [0.5, 0.6) is 0 Å². The van der Waals surface area contributed by atoms with Crippen LogP contribution < -0.4 is 0 Å². The molecular weight excluding hydrogens is 208 g/mol. The third kappa shape index (κ3) is 3.35. The summed E-state index contributed by atoms with van der Waals surface area (Å²) in [5.74, 6) is 0. The summed E-state index contributed by atoms with van der Waals surface area (Å²) in [6.07, 6.45) is 0. The molecule has 1 fully saturated rings. The molecule has 0 bridgehead atoms. The first-order chi connectivity index (χ1) is 7.70. The van der Waals surface area contributed by atoms with E-state index in [0.717, 1.165) is 0 Å². The Kier molecular flexibility index (Phi) is 5.55. The Bertz CT molecular complexity index is 217. The molecule has 0 saturated carbocycles. The molecule has 1 rings (SSSR count). The number of likely N-dealkylation sites (N-methyl/N-ethyl adjacent to an activating group) is 1. The Hall–Kier alpha value is -0.810. The molecule has 0 aromatic heterocycles. The van der Waals surface area contributed by atoms with Crippen LogP contribution in [-0.2, 0) is 9.47 Å². The number of carbonyl (C=O) groups excluding carboxylic acids is 1. The summed E-state index contributed by atoms with van der Waals surface area (Å²) in [5, 5.41) is 0. The molecule has 0 aromatic carbocycles. The molecule has 5 nitrogen and oxygen atoms in total. The zero-order valence-electron chi connectivity index (χ0n) is 10.4. The van der Waals surface area contributed by atoms with Crippen molar-refractivity contribution in [3.05, 3.63) is 0 Å². The Morgan fingerprint density at radius 1 is 1.50 bits per heavy atom. The van der Waals surface area contributed by atoms with E-state index >= 15 is 0 Å². The van der Waals surface area contributed by atoms with E-state index in [1.165, 1.54) is 0 Å². The highest BCUT2D eigenvalue weighted by molar-refractivity contribution is 5.74. The van der Waals surface area contributed by atoms with Crippen molar-refractivity contribution < 1.29 is 14.3 Å². The molecule has 0 radical (unpaired) electrons. The summed E-state index contributed by atoms with van der Waals surface area (Å²) in [6.45, 7) is 7.94. The number of rotatable bonds is 4. The van der Waals surface area contributed by atoms with E-state index in [1.54, 1.807) is 7.11 Å². The molecule has 1 aliphatic rings. The van der Waals surface area contributed by atoms with Crippen molar-refractivity contribution in [3.63, 3.8) is 0 Å². The van der Waals surface area contributed by atoms with Crippen LogP contribution in [0.4, 0.5) is 4.79 Å². The molecule has 1 aliphatic heterocycles. The van der Waals surface area contributed by atoms with Gasteiger partial charge in [0.1, 0.15) is 0 Å². The van der Waals surface area contributed by atoms with E-state index in [-0.39, 0.29) is 12.1 Å². The average molecular weight is 230 g/mol. The Morgan fingerprint density at radius 2 is 2.12 bits per heavy atom. The highest BCUT2D eigenvalue weighted by Gasteiger charge is 2.25. The summed E-state index contributed by atoms with van der Waals surface area (Å²) in [4.78, 5) is 15.9. The van der Waals surface area contributed by atoms with Crippen LogP contribution in [0.3, 0.4) is 0 Å². The number of nitrogens with zero attached hydrogens (tertiary/aromatic N) is 2. The Balaban J connectivity index is 2.53. The zero-order chi connectivity index (χ0) is 12.0. The number of ether oxygens (including phenoxy) is 2. The van der Waals surface area contributed by atoms with E-state index in [2.05, 4.69) is 0 Å². The maximum Gasteiger partial charge on any atom is 0.320 e. The van der Waals surface area contributed by atoms with Crippen molar-refractivity contribution in [1.82, 2.24) is 9.80 Å². The third-order valence-corrected chi connectivity index (χ3v) is 2.81. The number of carbonyl (C=O) groups is 1. The summed E-state index contributed by atoms with van der Waals surface area (Å²) in [6, 6.07) is 0.209. The van der Waals surface area contributed by atoms with E-state index in [9.17, 15) is 4.79 Å². The maximum absolute atomic E-state index is 12.2. The number of hydrogen-bond acceptors (Lipinski definition) is 3. The number of urea groups is 1. The molecule has 94 valence electrons. The summed E-state index contributed by atoms with van der Waals surface area (Å²) < 4.78 is 10.3. The predicted molar refractivity (Wildman–Crippen MR) is 61.5 cm³/mol. The quantitative estimate of drug-likeness (QED) is 0.717. The summed E-state index contributed by atoms with van der Waals surface area (Å²) in [7, 11) is 1.66. The van der Waals surface area contributed by atoms with Gasteiger partial charge in [0.25, 0.3) is 0 Å². The second-order valence-corrected chi connectivity index (χ2v) is 3.97. The SMILES string of the molecule is CCN(C(=O)N1CCOCC1)C(C)COC. The lowest BCUT2D eigenvalue weighted by atomic mass is 10.3. The van der Waals surface area contributed by atoms with Gasteiger partial charge in [-0.05, 0) is 13.8 Å². The van der Waals surface area contributed by atoms with E-state index in [0.29, 0.717) is 39.5 Å². The molecule has 1 heterocycles. The lowest BCUT2D eigenvalue weighted by Crippen LogP contribution is -2.51. The van der Waals surface area contributed by atoms with Crippen molar-refractivity contribution in [2.45, 2.75) is 19.9 Å². The monoisotopic (exact) mass is 230 g/mol. The molecule has 0 N–H and O–H groups in total. The van der Waals surface area contributed by atoms with Gasteiger partial charge >= 0.3 is 6.03 Å². The standard InChI is InChI=1S/C11H22N2O3/c1-4-13(10(2)9-15-3)11(14)12-5-7-16-8-6-12/h10H,4-9H2,1-3H3. The van der Waals surface area contributed by atoms with Gasteiger partial charge < -0.3 is 19.3 Å².